The summed E-state index contributed by atoms with van der Waals surface area (Å²) in [4.78, 5) is 11.5. The minimum Gasteiger partial charge on any atom is -0.481 e. The third-order valence-electron chi connectivity index (χ3n) is 4.26. The number of sulfone groups is 1. The quantitative estimate of drug-likeness (QED) is 0.809. The standard InChI is InChI=1S/C13H24O4S/c1-3-11-5-8-13(9-6-11,12(14)15)7-4-10-18(2,16)17/h11H,3-10H2,1-2H3,(H,14,15). The van der Waals surface area contributed by atoms with Crippen LogP contribution in [0.1, 0.15) is 51.9 Å². The molecule has 1 N–H and O–H groups in total. The topological polar surface area (TPSA) is 71.4 Å². The van der Waals surface area contributed by atoms with E-state index in [1.54, 1.807) is 0 Å². The average molecular weight is 276 g/mol. The summed E-state index contributed by atoms with van der Waals surface area (Å²) in [6.07, 6.45) is 6.58. The third kappa shape index (κ3) is 4.26. The molecule has 0 saturated heterocycles. The van der Waals surface area contributed by atoms with Crippen LogP contribution in [0.25, 0.3) is 0 Å². The van der Waals surface area contributed by atoms with Crippen LogP contribution in [0.15, 0.2) is 0 Å². The first kappa shape index (κ1) is 15.5. The maximum Gasteiger partial charge on any atom is 0.309 e. The minimum atomic E-state index is -2.99. The highest BCUT2D eigenvalue weighted by Gasteiger charge is 2.41. The summed E-state index contributed by atoms with van der Waals surface area (Å²) in [6, 6.07) is 0. The fraction of sp³-hybridized carbons (Fsp3) is 0.923. The zero-order valence-corrected chi connectivity index (χ0v) is 12.1. The van der Waals surface area contributed by atoms with Crippen molar-refractivity contribution >= 4 is 15.8 Å². The minimum absolute atomic E-state index is 0.0965. The zero-order valence-electron chi connectivity index (χ0n) is 11.3. The van der Waals surface area contributed by atoms with Gasteiger partial charge in [0, 0.05) is 12.0 Å². The normalized spacial score (nSPS) is 29.1. The zero-order chi connectivity index (χ0) is 13.8. The summed E-state index contributed by atoms with van der Waals surface area (Å²) >= 11 is 0. The molecule has 1 rings (SSSR count). The number of rotatable bonds is 6. The number of carboxylic acid groups (broad SMARTS) is 1. The maximum absolute atomic E-state index is 11.5. The molecule has 1 aliphatic carbocycles. The molecule has 0 heterocycles. The van der Waals surface area contributed by atoms with Gasteiger partial charge in [-0.2, -0.15) is 0 Å². The summed E-state index contributed by atoms with van der Waals surface area (Å²) in [5.74, 6) is -0.00267. The van der Waals surface area contributed by atoms with E-state index >= 15 is 0 Å². The van der Waals surface area contributed by atoms with Crippen LogP contribution >= 0.6 is 0 Å². The molecule has 1 fully saturated rings. The van der Waals surface area contributed by atoms with E-state index in [-0.39, 0.29) is 5.75 Å². The lowest BCUT2D eigenvalue weighted by Crippen LogP contribution is -2.35. The summed E-state index contributed by atoms with van der Waals surface area (Å²) in [5, 5.41) is 9.43. The number of carboxylic acids is 1. The molecule has 0 aromatic rings. The van der Waals surface area contributed by atoms with Gasteiger partial charge in [0.15, 0.2) is 0 Å². The second-order valence-corrected chi connectivity index (χ2v) is 7.93. The third-order valence-corrected chi connectivity index (χ3v) is 5.29. The molecule has 5 heteroatoms. The van der Waals surface area contributed by atoms with Gasteiger partial charge in [-0.3, -0.25) is 4.79 Å². The number of carbonyl (C=O) groups is 1. The molecule has 0 atom stereocenters. The predicted molar refractivity (Wildman–Crippen MR) is 71.3 cm³/mol. The van der Waals surface area contributed by atoms with Crippen LogP contribution in [0.4, 0.5) is 0 Å². The highest BCUT2D eigenvalue weighted by Crippen LogP contribution is 2.43. The summed E-state index contributed by atoms with van der Waals surface area (Å²) in [7, 11) is -2.99. The van der Waals surface area contributed by atoms with E-state index in [4.69, 9.17) is 0 Å². The molecule has 0 aromatic carbocycles. The lowest BCUT2D eigenvalue weighted by Gasteiger charge is -2.36. The smallest absolute Gasteiger partial charge is 0.309 e. The molecule has 106 valence electrons. The Bertz CT molecular complexity index is 378. The van der Waals surface area contributed by atoms with Crippen LogP contribution in [0.3, 0.4) is 0 Å². The van der Waals surface area contributed by atoms with Crippen LogP contribution in [0.5, 0.6) is 0 Å². The van der Waals surface area contributed by atoms with E-state index in [1.165, 1.54) is 6.26 Å². The van der Waals surface area contributed by atoms with E-state index in [2.05, 4.69) is 6.92 Å². The fourth-order valence-electron chi connectivity index (χ4n) is 2.88. The maximum atomic E-state index is 11.5. The van der Waals surface area contributed by atoms with Crippen molar-refractivity contribution in [1.82, 2.24) is 0 Å². The van der Waals surface area contributed by atoms with Crippen LogP contribution in [-0.2, 0) is 14.6 Å². The molecule has 1 saturated carbocycles. The van der Waals surface area contributed by atoms with E-state index in [1.807, 2.05) is 0 Å². The Labute approximate surface area is 110 Å². The van der Waals surface area contributed by atoms with E-state index < -0.39 is 21.2 Å². The molecule has 0 aliphatic heterocycles. The van der Waals surface area contributed by atoms with Gasteiger partial charge in [-0.15, -0.1) is 0 Å². The Morgan fingerprint density at radius 1 is 1.33 bits per heavy atom. The molecule has 1 aliphatic rings. The molecule has 0 bridgehead atoms. The van der Waals surface area contributed by atoms with Crippen molar-refractivity contribution in [2.45, 2.75) is 51.9 Å². The van der Waals surface area contributed by atoms with E-state index in [9.17, 15) is 18.3 Å². The Morgan fingerprint density at radius 3 is 2.28 bits per heavy atom. The van der Waals surface area contributed by atoms with Crippen molar-refractivity contribution < 1.29 is 18.3 Å². The highest BCUT2D eigenvalue weighted by atomic mass is 32.2. The molecule has 0 spiro atoms. The molecule has 4 nitrogen and oxygen atoms in total. The van der Waals surface area contributed by atoms with Gasteiger partial charge in [0.25, 0.3) is 0 Å². The number of hydrogen-bond acceptors (Lipinski definition) is 3. The first-order valence-electron chi connectivity index (χ1n) is 6.70. The lowest BCUT2D eigenvalue weighted by molar-refractivity contribution is -0.152. The highest BCUT2D eigenvalue weighted by molar-refractivity contribution is 7.90. The van der Waals surface area contributed by atoms with Gasteiger partial charge >= 0.3 is 5.97 Å². The molecule has 18 heavy (non-hydrogen) atoms. The number of aliphatic carboxylic acids is 1. The summed E-state index contributed by atoms with van der Waals surface area (Å²) in [5.41, 5.74) is -0.670. The van der Waals surface area contributed by atoms with Gasteiger partial charge in [-0.25, -0.2) is 8.42 Å². The fourth-order valence-corrected chi connectivity index (χ4v) is 3.55. The Kier molecular flexibility index (Phi) is 5.20. The second kappa shape index (κ2) is 6.04. The van der Waals surface area contributed by atoms with Crippen molar-refractivity contribution in [2.24, 2.45) is 11.3 Å². The largest absolute Gasteiger partial charge is 0.481 e. The van der Waals surface area contributed by atoms with Crippen molar-refractivity contribution in [3.05, 3.63) is 0 Å². The van der Waals surface area contributed by atoms with Gasteiger partial charge in [0.2, 0.25) is 0 Å². The molecule has 0 unspecified atom stereocenters. The van der Waals surface area contributed by atoms with Crippen LogP contribution in [-0.4, -0.2) is 31.5 Å². The van der Waals surface area contributed by atoms with E-state index in [0.29, 0.717) is 31.6 Å². The van der Waals surface area contributed by atoms with Gasteiger partial charge in [0.1, 0.15) is 9.84 Å². The van der Waals surface area contributed by atoms with Crippen molar-refractivity contribution in [3.8, 4) is 0 Å². The SMILES string of the molecule is CCC1CCC(CCCS(C)(=O)=O)(C(=O)O)CC1. The molecule has 0 radical (unpaired) electrons. The van der Waals surface area contributed by atoms with Crippen LogP contribution in [0.2, 0.25) is 0 Å². The summed E-state index contributed by atoms with van der Waals surface area (Å²) < 4.78 is 22.2. The Hall–Kier alpha value is -0.580. The van der Waals surface area contributed by atoms with Crippen LogP contribution in [0, 0.1) is 11.3 Å². The van der Waals surface area contributed by atoms with Crippen molar-refractivity contribution in [2.75, 3.05) is 12.0 Å². The first-order valence-corrected chi connectivity index (χ1v) is 8.76. The van der Waals surface area contributed by atoms with Crippen molar-refractivity contribution in [1.29, 1.82) is 0 Å². The van der Waals surface area contributed by atoms with Gasteiger partial charge in [-0.1, -0.05) is 13.3 Å². The van der Waals surface area contributed by atoms with Gasteiger partial charge in [-0.05, 0) is 44.4 Å². The first-order chi connectivity index (χ1) is 8.29. The molecular formula is C13H24O4S. The summed E-state index contributed by atoms with van der Waals surface area (Å²) in [6.45, 7) is 2.14. The van der Waals surface area contributed by atoms with E-state index in [0.717, 1.165) is 19.3 Å². The van der Waals surface area contributed by atoms with Gasteiger partial charge in [0.05, 0.1) is 5.41 Å². The van der Waals surface area contributed by atoms with Gasteiger partial charge < -0.3 is 5.11 Å². The average Bonchev–Trinajstić information content (AvgIpc) is 2.28. The Balaban J connectivity index is 2.58. The molecular weight excluding hydrogens is 252 g/mol. The van der Waals surface area contributed by atoms with Crippen molar-refractivity contribution in [3.63, 3.8) is 0 Å². The monoisotopic (exact) mass is 276 g/mol. The predicted octanol–water partition coefficient (Wildman–Crippen LogP) is 2.48. The molecule has 0 amide bonds. The lowest BCUT2D eigenvalue weighted by atomic mass is 9.67. The molecule has 0 aromatic heterocycles. The number of hydrogen-bond donors (Lipinski definition) is 1. The van der Waals surface area contributed by atoms with Crippen LogP contribution < -0.4 is 0 Å². The Morgan fingerprint density at radius 2 is 1.89 bits per heavy atom. The second-order valence-electron chi connectivity index (χ2n) is 5.67.